The van der Waals surface area contributed by atoms with E-state index in [-0.39, 0.29) is 5.75 Å². The lowest BCUT2D eigenvalue weighted by atomic mass is 10.2. The number of hydrogen-bond acceptors (Lipinski definition) is 1. The topological polar surface area (TPSA) is 20.2 Å². The van der Waals surface area contributed by atoms with Crippen molar-refractivity contribution in [3.8, 4) is 5.75 Å². The molecule has 60 valence electrons. The molecule has 0 radical (unpaired) electrons. The van der Waals surface area contributed by atoms with E-state index in [1.54, 1.807) is 6.07 Å². The van der Waals surface area contributed by atoms with Gasteiger partial charge in [0.25, 0.3) is 0 Å². The van der Waals surface area contributed by atoms with Gasteiger partial charge in [-0.15, -0.1) is 11.6 Å². The number of alkyl halides is 1. The number of aryl methyl sites for hydroxylation is 1. The summed E-state index contributed by atoms with van der Waals surface area (Å²) < 4.78 is 0.722. The van der Waals surface area contributed by atoms with Gasteiger partial charge in [0.1, 0.15) is 5.75 Å². The molecule has 1 nitrogen and oxygen atoms in total. The fourth-order valence-corrected chi connectivity index (χ4v) is 1.46. The molecule has 11 heavy (non-hydrogen) atoms. The summed E-state index contributed by atoms with van der Waals surface area (Å²) in [4.78, 5) is 0. The van der Waals surface area contributed by atoms with Gasteiger partial charge < -0.3 is 5.11 Å². The Balaban J connectivity index is 2.86. The fourth-order valence-electron chi connectivity index (χ4n) is 0.815. The maximum atomic E-state index is 9.13. The second-order valence-corrected chi connectivity index (χ2v) is 3.46. The Morgan fingerprint density at radius 1 is 1.45 bits per heavy atom. The van der Waals surface area contributed by atoms with Crippen LogP contribution < -0.4 is 0 Å². The first kappa shape index (κ1) is 8.88. The number of halogens is 2. The van der Waals surface area contributed by atoms with E-state index in [4.69, 9.17) is 16.7 Å². The van der Waals surface area contributed by atoms with E-state index < -0.39 is 0 Å². The molecule has 0 amide bonds. The van der Waals surface area contributed by atoms with Crippen LogP contribution in [0, 0.1) is 0 Å². The van der Waals surface area contributed by atoms with Crippen molar-refractivity contribution in [3.05, 3.63) is 28.2 Å². The van der Waals surface area contributed by atoms with E-state index in [0.717, 1.165) is 16.5 Å². The number of phenols is 1. The predicted octanol–water partition coefficient (Wildman–Crippen LogP) is 2.94. The molecule has 0 aliphatic heterocycles. The molecule has 0 saturated carbocycles. The van der Waals surface area contributed by atoms with Crippen LogP contribution in [0.5, 0.6) is 5.75 Å². The lowest BCUT2D eigenvalue weighted by Gasteiger charge is -1.99. The van der Waals surface area contributed by atoms with Crippen molar-refractivity contribution in [3.63, 3.8) is 0 Å². The summed E-state index contributed by atoms with van der Waals surface area (Å²) in [6.07, 6.45) is 0.834. The number of rotatable bonds is 2. The molecule has 0 aliphatic rings. The van der Waals surface area contributed by atoms with Gasteiger partial charge in [0.2, 0.25) is 0 Å². The SMILES string of the molecule is Oc1ccc(CCCl)cc1Br. The average molecular weight is 236 g/mol. The molecule has 1 aromatic rings. The van der Waals surface area contributed by atoms with Gasteiger partial charge >= 0.3 is 0 Å². The van der Waals surface area contributed by atoms with Crippen LogP contribution in [0.3, 0.4) is 0 Å². The molecule has 0 aromatic heterocycles. The molecule has 0 spiro atoms. The van der Waals surface area contributed by atoms with E-state index in [0.29, 0.717) is 5.88 Å². The molecular weight excluding hydrogens is 227 g/mol. The third-order valence-electron chi connectivity index (χ3n) is 1.40. The lowest BCUT2D eigenvalue weighted by molar-refractivity contribution is 0.471. The molecule has 0 heterocycles. The minimum Gasteiger partial charge on any atom is -0.507 e. The van der Waals surface area contributed by atoms with Crippen molar-refractivity contribution in [1.29, 1.82) is 0 Å². The molecule has 0 atom stereocenters. The molecule has 1 rings (SSSR count). The Labute approximate surface area is 79.1 Å². The molecule has 1 aromatic carbocycles. The first-order valence-electron chi connectivity index (χ1n) is 3.27. The highest BCUT2D eigenvalue weighted by Gasteiger charge is 1.97. The summed E-state index contributed by atoms with van der Waals surface area (Å²) in [6, 6.07) is 5.39. The predicted molar refractivity (Wildman–Crippen MR) is 50.2 cm³/mol. The third kappa shape index (κ3) is 2.38. The fraction of sp³-hybridized carbons (Fsp3) is 0.250. The Bertz CT molecular complexity index is 250. The Hall–Kier alpha value is -0.210. The summed E-state index contributed by atoms with van der Waals surface area (Å²) in [6.45, 7) is 0. The molecule has 0 saturated heterocycles. The molecule has 3 heteroatoms. The zero-order valence-electron chi connectivity index (χ0n) is 5.85. The van der Waals surface area contributed by atoms with E-state index in [1.165, 1.54) is 0 Å². The summed E-state index contributed by atoms with van der Waals surface area (Å²) in [5.74, 6) is 0.875. The first-order valence-corrected chi connectivity index (χ1v) is 4.60. The average Bonchev–Trinajstić information content (AvgIpc) is 1.98. The molecule has 0 unspecified atom stereocenters. The van der Waals surface area contributed by atoms with Crippen LogP contribution in [0.15, 0.2) is 22.7 Å². The quantitative estimate of drug-likeness (QED) is 0.782. The summed E-state index contributed by atoms with van der Waals surface area (Å²) in [5.41, 5.74) is 1.13. The second kappa shape index (κ2) is 3.98. The van der Waals surface area contributed by atoms with Gasteiger partial charge in [0.15, 0.2) is 0 Å². The Morgan fingerprint density at radius 2 is 2.18 bits per heavy atom. The lowest BCUT2D eigenvalue weighted by Crippen LogP contribution is -1.84. The molecule has 0 aliphatic carbocycles. The molecule has 0 bridgehead atoms. The van der Waals surface area contributed by atoms with E-state index in [1.807, 2.05) is 12.1 Å². The van der Waals surface area contributed by atoms with Gasteiger partial charge in [-0.2, -0.15) is 0 Å². The Morgan fingerprint density at radius 3 is 2.73 bits per heavy atom. The zero-order valence-corrected chi connectivity index (χ0v) is 8.19. The molecular formula is C8H8BrClO. The highest BCUT2D eigenvalue weighted by Crippen LogP contribution is 2.24. The van der Waals surface area contributed by atoms with Crippen LogP contribution >= 0.6 is 27.5 Å². The van der Waals surface area contributed by atoms with Crippen LogP contribution in [0.2, 0.25) is 0 Å². The molecule has 1 N–H and O–H groups in total. The van der Waals surface area contributed by atoms with Gasteiger partial charge in [-0.05, 0) is 40.0 Å². The maximum Gasteiger partial charge on any atom is 0.129 e. The summed E-state index contributed by atoms with van der Waals surface area (Å²) in [5, 5.41) is 9.13. The monoisotopic (exact) mass is 234 g/mol. The van der Waals surface area contributed by atoms with E-state index >= 15 is 0 Å². The number of phenolic OH excluding ortho intramolecular Hbond substituents is 1. The van der Waals surface area contributed by atoms with Crippen molar-refractivity contribution in [2.45, 2.75) is 6.42 Å². The molecule has 0 fully saturated rings. The van der Waals surface area contributed by atoms with Gasteiger partial charge in [-0.25, -0.2) is 0 Å². The van der Waals surface area contributed by atoms with Gasteiger partial charge in [-0.3, -0.25) is 0 Å². The van der Waals surface area contributed by atoms with Crippen molar-refractivity contribution in [1.82, 2.24) is 0 Å². The normalized spacial score (nSPS) is 10.0. The second-order valence-electron chi connectivity index (χ2n) is 2.22. The van der Waals surface area contributed by atoms with Crippen molar-refractivity contribution >= 4 is 27.5 Å². The smallest absolute Gasteiger partial charge is 0.129 e. The van der Waals surface area contributed by atoms with E-state index in [9.17, 15) is 0 Å². The van der Waals surface area contributed by atoms with Crippen LogP contribution in [-0.2, 0) is 6.42 Å². The number of aromatic hydroxyl groups is 1. The standard InChI is InChI=1S/C8H8BrClO/c9-7-5-6(3-4-10)1-2-8(7)11/h1-2,5,11H,3-4H2. The first-order chi connectivity index (χ1) is 5.24. The maximum absolute atomic E-state index is 9.13. The van der Waals surface area contributed by atoms with Crippen molar-refractivity contribution < 1.29 is 5.11 Å². The Kier molecular flexibility index (Phi) is 3.21. The third-order valence-corrected chi connectivity index (χ3v) is 2.22. The largest absolute Gasteiger partial charge is 0.507 e. The minimum absolute atomic E-state index is 0.267. The van der Waals surface area contributed by atoms with Crippen LogP contribution in [-0.4, -0.2) is 11.0 Å². The number of hydrogen-bond donors (Lipinski definition) is 1. The van der Waals surface area contributed by atoms with Crippen LogP contribution in [0.4, 0.5) is 0 Å². The summed E-state index contributed by atoms with van der Waals surface area (Å²) >= 11 is 8.77. The van der Waals surface area contributed by atoms with Gasteiger partial charge in [-0.1, -0.05) is 6.07 Å². The van der Waals surface area contributed by atoms with E-state index in [2.05, 4.69) is 15.9 Å². The highest BCUT2D eigenvalue weighted by atomic mass is 79.9. The zero-order chi connectivity index (χ0) is 8.27. The summed E-state index contributed by atoms with van der Waals surface area (Å²) in [7, 11) is 0. The van der Waals surface area contributed by atoms with Gasteiger partial charge in [0.05, 0.1) is 4.47 Å². The van der Waals surface area contributed by atoms with Crippen LogP contribution in [0.25, 0.3) is 0 Å². The number of benzene rings is 1. The van der Waals surface area contributed by atoms with Gasteiger partial charge in [0, 0.05) is 5.88 Å². The van der Waals surface area contributed by atoms with Crippen LogP contribution in [0.1, 0.15) is 5.56 Å². The highest BCUT2D eigenvalue weighted by molar-refractivity contribution is 9.10. The van der Waals surface area contributed by atoms with Crippen molar-refractivity contribution in [2.75, 3.05) is 5.88 Å². The van der Waals surface area contributed by atoms with Crippen molar-refractivity contribution in [2.24, 2.45) is 0 Å². The minimum atomic E-state index is 0.267.